The van der Waals surface area contributed by atoms with Crippen molar-refractivity contribution in [3.63, 3.8) is 0 Å². The van der Waals surface area contributed by atoms with E-state index in [1.165, 1.54) is 19.3 Å². The Morgan fingerprint density at radius 2 is 2.29 bits per heavy atom. The van der Waals surface area contributed by atoms with Crippen LogP contribution in [0, 0.1) is 5.92 Å². The molecule has 1 N–H and O–H groups in total. The van der Waals surface area contributed by atoms with Crippen LogP contribution in [0.4, 0.5) is 0 Å². The van der Waals surface area contributed by atoms with Crippen molar-refractivity contribution in [2.24, 2.45) is 5.92 Å². The molecule has 0 amide bonds. The molecule has 0 aromatic heterocycles. The molecule has 1 saturated carbocycles. The van der Waals surface area contributed by atoms with Crippen molar-refractivity contribution >= 4 is 5.97 Å². The Hall–Kier alpha value is -0.570. The van der Waals surface area contributed by atoms with Crippen molar-refractivity contribution in [2.45, 2.75) is 51.6 Å². The summed E-state index contributed by atoms with van der Waals surface area (Å²) in [6.07, 6.45) is 5.87. The van der Waals surface area contributed by atoms with Crippen molar-refractivity contribution in [2.75, 3.05) is 6.61 Å². The van der Waals surface area contributed by atoms with Gasteiger partial charge in [0.15, 0.2) is 6.10 Å². The maximum Gasteiger partial charge on any atom is 0.332 e. The van der Waals surface area contributed by atoms with Crippen LogP contribution in [0.15, 0.2) is 0 Å². The quantitative estimate of drug-likeness (QED) is 0.686. The third kappa shape index (κ3) is 3.66. The van der Waals surface area contributed by atoms with Gasteiger partial charge in [0.1, 0.15) is 0 Å². The molecule has 3 heteroatoms. The van der Waals surface area contributed by atoms with Gasteiger partial charge in [0.05, 0.1) is 0 Å². The van der Waals surface area contributed by atoms with Gasteiger partial charge in [0.2, 0.25) is 0 Å². The number of hydrogen-bond acceptors (Lipinski definition) is 2. The molecule has 1 aliphatic carbocycles. The lowest BCUT2D eigenvalue weighted by Crippen LogP contribution is -2.25. The molecule has 0 radical (unpaired) electrons. The second-order valence-electron chi connectivity index (χ2n) is 4.07. The summed E-state index contributed by atoms with van der Waals surface area (Å²) < 4.78 is 5.35. The van der Waals surface area contributed by atoms with E-state index in [9.17, 15) is 4.79 Å². The highest BCUT2D eigenvalue weighted by Gasteiger charge is 2.20. The van der Waals surface area contributed by atoms with Crippen molar-refractivity contribution in [1.29, 1.82) is 0 Å². The predicted octanol–water partition coefficient (Wildman–Crippen LogP) is 2.45. The fourth-order valence-electron chi connectivity index (χ4n) is 1.70. The van der Waals surface area contributed by atoms with Crippen molar-refractivity contribution < 1.29 is 14.6 Å². The number of hydrogen-bond donors (Lipinski definition) is 1. The van der Waals surface area contributed by atoms with E-state index in [4.69, 9.17) is 9.84 Å². The average molecular weight is 200 g/mol. The van der Waals surface area contributed by atoms with Crippen LogP contribution in [-0.2, 0) is 9.53 Å². The second kappa shape index (κ2) is 6.02. The Balaban J connectivity index is 2.08. The maximum absolute atomic E-state index is 10.7. The summed E-state index contributed by atoms with van der Waals surface area (Å²) in [5.74, 6) is -0.0217. The van der Waals surface area contributed by atoms with Gasteiger partial charge in [-0.05, 0) is 18.8 Å². The van der Waals surface area contributed by atoms with E-state index in [1.54, 1.807) is 0 Å². The third-order valence-corrected chi connectivity index (χ3v) is 2.90. The standard InChI is InChI=1S/C11H20O3/c1-2-4-10(11(12)13)14-8-7-9-5-3-6-9/h9-10H,2-8H2,1H3,(H,12,13). The lowest BCUT2D eigenvalue weighted by atomic mass is 9.83. The van der Waals surface area contributed by atoms with Crippen molar-refractivity contribution in [1.82, 2.24) is 0 Å². The molecular weight excluding hydrogens is 180 g/mol. The highest BCUT2D eigenvalue weighted by atomic mass is 16.5. The molecule has 1 aliphatic rings. The zero-order valence-corrected chi connectivity index (χ0v) is 8.87. The van der Waals surface area contributed by atoms with Crippen LogP contribution in [0.1, 0.15) is 45.4 Å². The number of aliphatic carboxylic acids is 1. The lowest BCUT2D eigenvalue weighted by molar-refractivity contribution is -0.151. The highest BCUT2D eigenvalue weighted by Crippen LogP contribution is 2.29. The first-order chi connectivity index (χ1) is 6.74. The summed E-state index contributed by atoms with van der Waals surface area (Å²) in [7, 11) is 0. The van der Waals surface area contributed by atoms with Crippen LogP contribution in [0.25, 0.3) is 0 Å². The number of carbonyl (C=O) groups is 1. The number of rotatable bonds is 7. The Labute approximate surface area is 85.5 Å². The fraction of sp³-hybridized carbons (Fsp3) is 0.909. The van der Waals surface area contributed by atoms with E-state index >= 15 is 0 Å². The van der Waals surface area contributed by atoms with E-state index in [2.05, 4.69) is 0 Å². The van der Waals surface area contributed by atoms with E-state index in [-0.39, 0.29) is 0 Å². The van der Waals surface area contributed by atoms with E-state index in [0.29, 0.717) is 13.0 Å². The Kier molecular flexibility index (Phi) is 4.94. The van der Waals surface area contributed by atoms with Gasteiger partial charge in [-0.3, -0.25) is 0 Å². The van der Waals surface area contributed by atoms with Gasteiger partial charge in [-0.15, -0.1) is 0 Å². The van der Waals surface area contributed by atoms with E-state index in [1.807, 2.05) is 6.92 Å². The topological polar surface area (TPSA) is 46.5 Å². The Bertz CT molecular complexity index is 175. The monoisotopic (exact) mass is 200 g/mol. The molecule has 82 valence electrons. The minimum absolute atomic E-state index is 0.583. The summed E-state index contributed by atoms with van der Waals surface area (Å²) in [6, 6.07) is 0. The summed E-state index contributed by atoms with van der Waals surface area (Å²) in [5, 5.41) is 8.82. The fourth-order valence-corrected chi connectivity index (χ4v) is 1.70. The second-order valence-corrected chi connectivity index (χ2v) is 4.07. The minimum atomic E-state index is -0.819. The summed E-state index contributed by atoms with van der Waals surface area (Å²) in [6.45, 7) is 2.59. The minimum Gasteiger partial charge on any atom is -0.479 e. The first-order valence-electron chi connectivity index (χ1n) is 5.58. The first kappa shape index (κ1) is 11.5. The molecule has 1 unspecified atom stereocenters. The van der Waals surface area contributed by atoms with Crippen molar-refractivity contribution in [3.05, 3.63) is 0 Å². The van der Waals surface area contributed by atoms with Gasteiger partial charge < -0.3 is 9.84 Å². The van der Waals surface area contributed by atoms with Crippen LogP contribution in [0.2, 0.25) is 0 Å². The first-order valence-corrected chi connectivity index (χ1v) is 5.58. The average Bonchev–Trinajstić information content (AvgIpc) is 2.06. The predicted molar refractivity (Wildman–Crippen MR) is 54.2 cm³/mol. The van der Waals surface area contributed by atoms with Gasteiger partial charge in [0, 0.05) is 6.61 Å². The Morgan fingerprint density at radius 3 is 2.71 bits per heavy atom. The smallest absolute Gasteiger partial charge is 0.332 e. The maximum atomic E-state index is 10.7. The number of carboxylic acid groups (broad SMARTS) is 1. The van der Waals surface area contributed by atoms with Crippen LogP contribution in [0.3, 0.4) is 0 Å². The van der Waals surface area contributed by atoms with Crippen LogP contribution in [-0.4, -0.2) is 23.8 Å². The molecule has 1 fully saturated rings. The summed E-state index contributed by atoms with van der Waals surface area (Å²) in [4.78, 5) is 10.7. The van der Waals surface area contributed by atoms with E-state index in [0.717, 1.165) is 18.8 Å². The molecule has 14 heavy (non-hydrogen) atoms. The molecule has 1 atom stereocenters. The lowest BCUT2D eigenvalue weighted by Gasteiger charge is -2.25. The molecule has 0 heterocycles. The molecule has 1 rings (SSSR count). The largest absolute Gasteiger partial charge is 0.479 e. The van der Waals surface area contributed by atoms with Crippen LogP contribution >= 0.6 is 0 Å². The van der Waals surface area contributed by atoms with Gasteiger partial charge >= 0.3 is 5.97 Å². The molecule has 0 bridgehead atoms. The molecule has 0 saturated heterocycles. The van der Waals surface area contributed by atoms with Gasteiger partial charge in [-0.1, -0.05) is 32.6 Å². The SMILES string of the molecule is CCCC(OCCC1CCC1)C(=O)O. The number of carboxylic acids is 1. The van der Waals surface area contributed by atoms with Gasteiger partial charge in [-0.25, -0.2) is 4.79 Å². The molecular formula is C11H20O3. The van der Waals surface area contributed by atoms with E-state index < -0.39 is 12.1 Å². The van der Waals surface area contributed by atoms with Crippen molar-refractivity contribution in [3.8, 4) is 0 Å². The molecule has 3 nitrogen and oxygen atoms in total. The number of ether oxygens (including phenoxy) is 1. The van der Waals surface area contributed by atoms with Gasteiger partial charge in [-0.2, -0.15) is 0 Å². The zero-order valence-electron chi connectivity index (χ0n) is 8.87. The molecule has 0 spiro atoms. The normalized spacial score (nSPS) is 18.9. The molecule has 0 aromatic carbocycles. The molecule has 0 aromatic rings. The summed E-state index contributed by atoms with van der Waals surface area (Å²) >= 11 is 0. The van der Waals surface area contributed by atoms with Crippen LogP contribution in [0.5, 0.6) is 0 Å². The Morgan fingerprint density at radius 1 is 1.57 bits per heavy atom. The summed E-state index contributed by atoms with van der Waals surface area (Å²) in [5.41, 5.74) is 0. The highest BCUT2D eigenvalue weighted by molar-refractivity contribution is 5.72. The third-order valence-electron chi connectivity index (χ3n) is 2.90. The molecule has 0 aliphatic heterocycles. The zero-order chi connectivity index (χ0) is 10.4. The van der Waals surface area contributed by atoms with Gasteiger partial charge in [0.25, 0.3) is 0 Å². The van der Waals surface area contributed by atoms with Crippen LogP contribution < -0.4 is 0 Å².